The molecule has 0 saturated carbocycles. The number of aromatic nitrogens is 2. The number of rotatable bonds is 3. The molecule has 0 bridgehead atoms. The molecule has 1 aromatic rings. The van der Waals surface area contributed by atoms with Gasteiger partial charge in [-0.2, -0.15) is 0 Å². The molecule has 1 aromatic heterocycles. The number of nitrogens with zero attached hydrogens (tertiary/aromatic N) is 1. The van der Waals surface area contributed by atoms with Crippen LogP contribution >= 0.6 is 0 Å². The molecule has 7 heteroatoms. The number of nitrogens with one attached hydrogen (secondary N) is 1. The highest BCUT2D eigenvalue weighted by Crippen LogP contribution is 2.33. The van der Waals surface area contributed by atoms with E-state index in [1.165, 1.54) is 23.9 Å². The first kappa shape index (κ1) is 12.7. The van der Waals surface area contributed by atoms with Crippen molar-refractivity contribution in [2.45, 2.75) is 25.4 Å². The van der Waals surface area contributed by atoms with Crippen LogP contribution in [0.3, 0.4) is 0 Å². The first-order valence-corrected chi connectivity index (χ1v) is 5.53. The number of carbonyl (C=O) groups excluding carboxylic acids is 1. The second-order valence-corrected chi connectivity index (χ2v) is 4.20. The van der Waals surface area contributed by atoms with Crippen LogP contribution in [-0.2, 0) is 14.3 Å². The van der Waals surface area contributed by atoms with Gasteiger partial charge in [0.15, 0.2) is 6.23 Å². The maximum absolute atomic E-state index is 11.7. The molecule has 2 heterocycles. The zero-order chi connectivity index (χ0) is 13.3. The molecule has 0 aliphatic carbocycles. The molecular weight excluding hydrogens is 240 g/mol. The molecule has 1 fully saturated rings. The fourth-order valence-electron chi connectivity index (χ4n) is 2.15. The maximum atomic E-state index is 11.7. The summed E-state index contributed by atoms with van der Waals surface area (Å²) in [5.41, 5.74) is -1.07. The Morgan fingerprint density at radius 2 is 2.22 bits per heavy atom. The topological polar surface area (TPSA) is 90.4 Å². The van der Waals surface area contributed by atoms with Gasteiger partial charge in [-0.15, -0.1) is 0 Å². The molecule has 1 saturated heterocycles. The summed E-state index contributed by atoms with van der Waals surface area (Å²) >= 11 is 0. The largest absolute Gasteiger partial charge is 0.376 e. The van der Waals surface area contributed by atoms with Gasteiger partial charge in [-0.05, 0) is 0 Å². The standard InChI is InChI=1S/C11H14N2O5/c1-6-7(5-14)18-10(9(6)17-2)13-4-3-8(15)12-11(13)16/h3-7,9-10H,1-2H3,(H,12,15,16)/t6-,7-,9-,10-/m1/s1. The number of carbonyl (C=O) groups is 1. The molecule has 98 valence electrons. The minimum absolute atomic E-state index is 0.170. The van der Waals surface area contributed by atoms with E-state index >= 15 is 0 Å². The Kier molecular flexibility index (Phi) is 3.44. The predicted octanol–water partition coefficient (Wildman–Crippen LogP) is -0.716. The van der Waals surface area contributed by atoms with Gasteiger partial charge in [0, 0.05) is 25.3 Å². The Hall–Kier alpha value is -1.73. The number of aromatic amines is 1. The summed E-state index contributed by atoms with van der Waals surface area (Å²) in [4.78, 5) is 35.7. The van der Waals surface area contributed by atoms with E-state index in [4.69, 9.17) is 9.47 Å². The van der Waals surface area contributed by atoms with E-state index in [1.807, 2.05) is 6.92 Å². The van der Waals surface area contributed by atoms with Gasteiger partial charge in [-0.3, -0.25) is 14.3 Å². The molecule has 7 nitrogen and oxygen atoms in total. The van der Waals surface area contributed by atoms with Crippen molar-refractivity contribution >= 4 is 6.29 Å². The Labute approximate surface area is 102 Å². The van der Waals surface area contributed by atoms with E-state index in [2.05, 4.69) is 4.98 Å². The summed E-state index contributed by atoms with van der Waals surface area (Å²) in [7, 11) is 1.49. The highest BCUT2D eigenvalue weighted by atomic mass is 16.6. The van der Waals surface area contributed by atoms with Crippen LogP contribution in [0.5, 0.6) is 0 Å². The van der Waals surface area contributed by atoms with Crippen LogP contribution in [0.1, 0.15) is 13.2 Å². The van der Waals surface area contributed by atoms with E-state index in [0.717, 1.165) is 0 Å². The minimum Gasteiger partial charge on any atom is -0.376 e. The molecule has 0 spiro atoms. The van der Waals surface area contributed by atoms with Gasteiger partial charge in [0.2, 0.25) is 0 Å². The zero-order valence-corrected chi connectivity index (χ0v) is 10.0. The van der Waals surface area contributed by atoms with Gasteiger partial charge >= 0.3 is 5.69 Å². The van der Waals surface area contributed by atoms with E-state index in [0.29, 0.717) is 6.29 Å². The highest BCUT2D eigenvalue weighted by Gasteiger charge is 2.43. The molecule has 18 heavy (non-hydrogen) atoms. The van der Waals surface area contributed by atoms with Crippen molar-refractivity contribution in [1.82, 2.24) is 9.55 Å². The number of methoxy groups -OCH3 is 1. The molecule has 0 aromatic carbocycles. The Morgan fingerprint density at radius 1 is 1.50 bits per heavy atom. The maximum Gasteiger partial charge on any atom is 0.330 e. The molecular formula is C11H14N2O5. The third kappa shape index (κ3) is 2.02. The average molecular weight is 254 g/mol. The number of aldehydes is 1. The summed E-state index contributed by atoms with van der Waals surface area (Å²) in [6, 6.07) is 1.22. The lowest BCUT2D eigenvalue weighted by Crippen LogP contribution is -2.36. The van der Waals surface area contributed by atoms with Crippen LogP contribution in [0.2, 0.25) is 0 Å². The summed E-state index contributed by atoms with van der Waals surface area (Å²) < 4.78 is 12.0. The lowest BCUT2D eigenvalue weighted by atomic mass is 10.0. The Balaban J connectivity index is 2.40. The second-order valence-electron chi connectivity index (χ2n) is 4.20. The van der Waals surface area contributed by atoms with Crippen LogP contribution in [0.4, 0.5) is 0 Å². The zero-order valence-electron chi connectivity index (χ0n) is 10.0. The highest BCUT2D eigenvalue weighted by molar-refractivity contribution is 5.57. The summed E-state index contributed by atoms with van der Waals surface area (Å²) in [5.74, 6) is -0.170. The minimum atomic E-state index is -0.718. The lowest BCUT2D eigenvalue weighted by molar-refractivity contribution is -0.121. The molecule has 4 atom stereocenters. The van der Waals surface area contributed by atoms with Gasteiger partial charge in [0.05, 0.1) is 0 Å². The van der Waals surface area contributed by atoms with E-state index in [-0.39, 0.29) is 5.92 Å². The third-order valence-corrected chi connectivity index (χ3v) is 3.15. The molecule has 0 unspecified atom stereocenters. The van der Waals surface area contributed by atoms with Gasteiger partial charge in [0.25, 0.3) is 5.56 Å². The van der Waals surface area contributed by atoms with Crippen LogP contribution in [-0.4, -0.2) is 35.2 Å². The van der Waals surface area contributed by atoms with Crippen molar-refractivity contribution in [2.24, 2.45) is 5.92 Å². The van der Waals surface area contributed by atoms with E-state index in [1.54, 1.807) is 0 Å². The van der Waals surface area contributed by atoms with Crippen LogP contribution in [0, 0.1) is 5.92 Å². The van der Waals surface area contributed by atoms with Gasteiger partial charge < -0.3 is 14.3 Å². The van der Waals surface area contributed by atoms with Crippen LogP contribution in [0.25, 0.3) is 0 Å². The van der Waals surface area contributed by atoms with Gasteiger partial charge in [0.1, 0.15) is 18.5 Å². The average Bonchev–Trinajstić information content (AvgIpc) is 2.65. The number of ether oxygens (including phenoxy) is 2. The summed E-state index contributed by atoms with van der Waals surface area (Å²) in [6.07, 6.45) is 0.248. The number of H-pyrrole nitrogens is 1. The van der Waals surface area contributed by atoms with Crippen LogP contribution in [0.15, 0.2) is 21.9 Å². The second kappa shape index (κ2) is 4.87. The molecule has 1 N–H and O–H groups in total. The lowest BCUT2D eigenvalue weighted by Gasteiger charge is -2.20. The predicted molar refractivity (Wildman–Crippen MR) is 61.3 cm³/mol. The number of hydrogen-bond donors (Lipinski definition) is 1. The van der Waals surface area contributed by atoms with Crippen molar-refractivity contribution in [1.29, 1.82) is 0 Å². The van der Waals surface area contributed by atoms with Crippen molar-refractivity contribution in [3.63, 3.8) is 0 Å². The number of hydrogen-bond acceptors (Lipinski definition) is 5. The first-order chi connectivity index (χ1) is 8.58. The van der Waals surface area contributed by atoms with Crippen molar-refractivity contribution in [3.05, 3.63) is 33.1 Å². The van der Waals surface area contributed by atoms with Crippen LogP contribution < -0.4 is 11.2 Å². The Morgan fingerprint density at radius 3 is 2.78 bits per heavy atom. The van der Waals surface area contributed by atoms with E-state index < -0.39 is 29.7 Å². The van der Waals surface area contributed by atoms with Gasteiger partial charge in [-0.25, -0.2) is 4.79 Å². The quantitative estimate of drug-likeness (QED) is 0.719. The van der Waals surface area contributed by atoms with Crippen molar-refractivity contribution in [3.8, 4) is 0 Å². The fraction of sp³-hybridized carbons (Fsp3) is 0.545. The SMILES string of the molecule is CO[C@@H]1[C@H](C)[C@@H](C=O)O[C@H]1n1ccc(=O)[nH]c1=O. The molecule has 0 radical (unpaired) electrons. The van der Waals surface area contributed by atoms with Crippen molar-refractivity contribution in [2.75, 3.05) is 7.11 Å². The summed E-state index contributed by atoms with van der Waals surface area (Å²) in [6.45, 7) is 1.81. The smallest absolute Gasteiger partial charge is 0.330 e. The first-order valence-electron chi connectivity index (χ1n) is 5.53. The fourth-order valence-corrected chi connectivity index (χ4v) is 2.15. The molecule has 2 rings (SSSR count). The monoisotopic (exact) mass is 254 g/mol. The van der Waals surface area contributed by atoms with Gasteiger partial charge in [-0.1, -0.05) is 6.92 Å². The summed E-state index contributed by atoms with van der Waals surface area (Å²) in [5, 5.41) is 0. The molecule has 0 amide bonds. The molecule has 1 aliphatic heterocycles. The molecule has 1 aliphatic rings. The van der Waals surface area contributed by atoms with Crippen molar-refractivity contribution < 1.29 is 14.3 Å². The normalized spacial score (nSPS) is 31.4. The Bertz CT molecular complexity index is 549. The third-order valence-electron chi connectivity index (χ3n) is 3.15. The van der Waals surface area contributed by atoms with E-state index in [9.17, 15) is 14.4 Å².